The van der Waals surface area contributed by atoms with Gasteiger partial charge in [0.05, 0.1) is 28.2 Å². The fourth-order valence-electron chi connectivity index (χ4n) is 8.26. The maximum atomic E-state index is 6.27. The van der Waals surface area contributed by atoms with Crippen molar-refractivity contribution in [3.05, 3.63) is 206 Å². The molecule has 65 heavy (non-hydrogen) atoms. The summed E-state index contributed by atoms with van der Waals surface area (Å²) in [4.78, 5) is 19.2. The van der Waals surface area contributed by atoms with Crippen LogP contribution >= 0.6 is 0 Å². The number of nitrogens with zero attached hydrogens (tertiary/aromatic N) is 5. The van der Waals surface area contributed by atoms with Crippen LogP contribution in [-0.2, 0) is 20.1 Å². The van der Waals surface area contributed by atoms with Gasteiger partial charge in [0.25, 0.3) is 0 Å². The molecule has 0 bridgehead atoms. The van der Waals surface area contributed by atoms with Crippen LogP contribution in [0, 0.1) is 26.1 Å². The number of hydrogen-bond donors (Lipinski definition) is 0. The van der Waals surface area contributed by atoms with Gasteiger partial charge in [0, 0.05) is 42.8 Å². The van der Waals surface area contributed by atoms with Crippen LogP contribution in [0.3, 0.4) is 0 Å². The predicted molar refractivity (Wildman–Crippen MR) is 265 cm³/mol. The van der Waals surface area contributed by atoms with E-state index in [1.54, 1.807) is 0 Å². The van der Waals surface area contributed by atoms with Crippen LogP contribution in [0.25, 0.3) is 94.8 Å². The summed E-state index contributed by atoms with van der Waals surface area (Å²) in [6, 6.07) is 62.0. The smallest absolute Gasteiger partial charge is 0.141 e. The van der Waals surface area contributed by atoms with E-state index < -0.39 is 13.3 Å². The van der Waals surface area contributed by atoms with Crippen LogP contribution in [0.4, 0.5) is 0 Å². The van der Waals surface area contributed by atoms with Gasteiger partial charge in [-0.2, -0.15) is 0 Å². The molecule has 319 valence electrons. The zero-order valence-electron chi connectivity index (χ0n) is 36.8. The topological polar surface area (TPSA) is 69.6 Å². The fraction of sp³-hybridized carbons (Fsp3) is 0.0877. The number of aromatic nitrogens is 5. The maximum Gasteiger partial charge on any atom is 0.141 e. The van der Waals surface area contributed by atoms with Crippen LogP contribution in [0.2, 0.25) is 17.3 Å². The summed E-state index contributed by atoms with van der Waals surface area (Å²) in [5, 5.41) is 1.92. The van der Waals surface area contributed by atoms with Gasteiger partial charge < -0.3 is 14.0 Å². The van der Waals surface area contributed by atoms with E-state index in [2.05, 4.69) is 173 Å². The van der Waals surface area contributed by atoms with E-state index in [1.165, 1.54) is 9.96 Å². The van der Waals surface area contributed by atoms with Crippen molar-refractivity contribution in [1.29, 1.82) is 0 Å². The number of furan rings is 1. The van der Waals surface area contributed by atoms with Gasteiger partial charge in [-0.1, -0.05) is 127 Å². The second-order valence-electron chi connectivity index (χ2n) is 17.1. The number of para-hydroxylation sites is 1. The zero-order chi connectivity index (χ0) is 43.8. The zero-order valence-corrected chi connectivity index (χ0v) is 41.3. The van der Waals surface area contributed by atoms with E-state index in [1.807, 2.05) is 61.8 Å². The van der Waals surface area contributed by atoms with Crippen molar-refractivity contribution in [2.24, 2.45) is 0 Å². The molecule has 1 radical (unpaired) electrons. The van der Waals surface area contributed by atoms with Crippen LogP contribution in [0.5, 0.6) is 0 Å². The molecule has 5 heterocycles. The van der Waals surface area contributed by atoms with Gasteiger partial charge in [0.2, 0.25) is 0 Å². The monoisotopic (exact) mass is 1080 g/mol. The Hall–Kier alpha value is -6.77. The third-order valence-electron chi connectivity index (χ3n) is 11.7. The average Bonchev–Trinajstić information content (AvgIpc) is 3.91. The Morgan fingerprint density at radius 1 is 0.600 bits per heavy atom. The summed E-state index contributed by atoms with van der Waals surface area (Å²) in [5.41, 5.74) is 15.8. The minimum absolute atomic E-state index is 0. The largest absolute Gasteiger partial charge is 0.483 e. The molecule has 0 aliphatic carbocycles. The minimum Gasteiger partial charge on any atom is -0.483 e. The maximum absolute atomic E-state index is 6.27. The number of imidazole rings is 1. The molecule has 0 aliphatic rings. The summed E-state index contributed by atoms with van der Waals surface area (Å²) in [6.45, 7) is 4.11. The Morgan fingerprint density at radius 3 is 1.89 bits per heavy atom. The summed E-state index contributed by atoms with van der Waals surface area (Å²) >= 11 is -1.73. The third kappa shape index (κ3) is 8.75. The van der Waals surface area contributed by atoms with Crippen LogP contribution in [0.15, 0.2) is 187 Å². The van der Waals surface area contributed by atoms with E-state index in [9.17, 15) is 0 Å². The third-order valence-corrected chi connectivity index (χ3v) is 15.9. The molecule has 6 aromatic carbocycles. The summed E-state index contributed by atoms with van der Waals surface area (Å²) in [7, 11) is 0. The van der Waals surface area contributed by atoms with Crippen molar-refractivity contribution in [3.63, 3.8) is 0 Å². The molecule has 0 aliphatic heterocycles. The standard InChI is InChI=1S/C42H27N4O.C15H18GeN.Ir/c1-27-39-37(22-23-43-27)45-41(32-24-36-35-21-20-31(28-12-5-2-6-13-28)25-38(35)47-42(36)44-26-32)46(39)40-33(29-14-7-3-8-15-29)18-11-19-34(40)30-16-9-4-10-17-30;1-12-5-7-13(8-6-12)15-10-9-14(11-17-15)16(2,3)4;/h2-25H,1H3;5-7,9-11H,1-4H3;/q2*-1;. The normalized spacial score (nSPS) is 11.3. The molecule has 11 aromatic rings. The molecular weight excluding hydrogens is 1040 g/mol. The average molecular weight is 1080 g/mol. The molecule has 5 aromatic heterocycles. The molecule has 8 heteroatoms. The number of rotatable bonds is 7. The van der Waals surface area contributed by atoms with Gasteiger partial charge >= 0.3 is 106 Å². The molecule has 0 saturated heterocycles. The molecule has 0 N–H and O–H groups in total. The minimum atomic E-state index is -1.73. The molecular formula is C57H45GeIrN5O-2. The van der Waals surface area contributed by atoms with Crippen LogP contribution in [-0.4, -0.2) is 37.8 Å². The Kier molecular flexibility index (Phi) is 12.3. The van der Waals surface area contributed by atoms with Crippen molar-refractivity contribution in [1.82, 2.24) is 24.5 Å². The summed E-state index contributed by atoms with van der Waals surface area (Å²) in [6.07, 6.45) is 7.16. The number of fused-ring (bicyclic) bond motifs is 4. The van der Waals surface area contributed by atoms with E-state index >= 15 is 0 Å². The van der Waals surface area contributed by atoms with E-state index in [0.29, 0.717) is 5.71 Å². The van der Waals surface area contributed by atoms with E-state index in [0.717, 1.165) is 94.8 Å². The van der Waals surface area contributed by atoms with Crippen molar-refractivity contribution < 1.29 is 24.5 Å². The molecule has 0 spiro atoms. The Bertz CT molecular complexity index is 3360. The van der Waals surface area contributed by atoms with Gasteiger partial charge in [0.1, 0.15) is 11.3 Å². The number of benzene rings is 6. The van der Waals surface area contributed by atoms with Crippen LogP contribution in [0.1, 0.15) is 11.3 Å². The van der Waals surface area contributed by atoms with Crippen LogP contribution < -0.4 is 4.40 Å². The van der Waals surface area contributed by atoms with Gasteiger partial charge in [-0.05, 0) is 52.9 Å². The number of pyridine rings is 3. The fourth-order valence-corrected chi connectivity index (χ4v) is 10.4. The Balaban J connectivity index is 0.000000250. The summed E-state index contributed by atoms with van der Waals surface area (Å²) < 4.78 is 9.97. The quantitative estimate of drug-likeness (QED) is 0.117. The van der Waals surface area contributed by atoms with E-state index in [-0.39, 0.29) is 20.1 Å². The van der Waals surface area contributed by atoms with Crippen molar-refractivity contribution in [2.75, 3.05) is 0 Å². The Labute approximate surface area is 395 Å². The summed E-state index contributed by atoms with van der Waals surface area (Å²) in [5.74, 6) is 7.89. The van der Waals surface area contributed by atoms with Gasteiger partial charge in [-0.3, -0.25) is 9.97 Å². The van der Waals surface area contributed by atoms with Crippen molar-refractivity contribution >= 4 is 50.8 Å². The molecule has 11 rings (SSSR count). The molecule has 6 nitrogen and oxygen atoms in total. The second kappa shape index (κ2) is 18.4. The van der Waals surface area contributed by atoms with Gasteiger partial charge in [-0.15, -0.1) is 6.07 Å². The second-order valence-corrected chi connectivity index (χ2v) is 27.8. The first-order valence-corrected chi connectivity index (χ1v) is 28.9. The van der Waals surface area contributed by atoms with Crippen molar-refractivity contribution in [3.8, 4) is 61.7 Å². The van der Waals surface area contributed by atoms with Crippen molar-refractivity contribution in [2.45, 2.75) is 31.1 Å². The van der Waals surface area contributed by atoms with Gasteiger partial charge in [0.15, 0.2) is 0 Å². The van der Waals surface area contributed by atoms with Gasteiger partial charge in [-0.25, -0.2) is 0 Å². The molecule has 0 atom stereocenters. The molecule has 0 amide bonds. The number of hydrogen-bond acceptors (Lipinski definition) is 5. The number of aryl methyl sites for hydroxylation is 2. The predicted octanol–water partition coefficient (Wildman–Crippen LogP) is 13.9. The molecule has 0 fully saturated rings. The Morgan fingerprint density at radius 2 is 1.28 bits per heavy atom. The first-order chi connectivity index (χ1) is 31.2. The first-order valence-electron chi connectivity index (χ1n) is 21.5. The SMILES string of the molecule is Cc1c[c-]c(-c2cc[c]([Ge]([CH3])([CH3])[CH3])cn2)cc1.Cc1nccc2nc(-c3[c-]nc4oc5cc(-c6ccccc6)ccc5c4c3)n(-c3c(-c4ccccc4)cccc3-c3ccccc3)c12.[Ir]. The van der Waals surface area contributed by atoms with E-state index in [4.69, 9.17) is 19.4 Å². The first kappa shape index (κ1) is 43.5. The molecule has 0 unspecified atom stereocenters. The molecule has 0 saturated carbocycles.